The van der Waals surface area contributed by atoms with Gasteiger partial charge in [-0.05, 0) is 37.7 Å². The molecule has 0 aliphatic carbocycles. The van der Waals surface area contributed by atoms with Crippen LogP contribution in [0.15, 0.2) is 18.6 Å². The fraction of sp³-hybridized carbons (Fsp3) is 0.636. The Bertz CT molecular complexity index is 940. The Morgan fingerprint density at radius 1 is 1.23 bits per heavy atom. The highest BCUT2D eigenvalue weighted by Gasteiger charge is 2.52. The van der Waals surface area contributed by atoms with Gasteiger partial charge in [-0.25, -0.2) is 9.97 Å². The average Bonchev–Trinajstić information content (AvgIpc) is 3.33. The van der Waals surface area contributed by atoms with Crippen LogP contribution in [-0.2, 0) is 16.1 Å². The second-order valence-electron chi connectivity index (χ2n) is 8.84. The highest BCUT2D eigenvalue weighted by molar-refractivity contribution is 6.01. The molecule has 2 aliphatic heterocycles. The van der Waals surface area contributed by atoms with E-state index in [1.165, 1.54) is 0 Å². The van der Waals surface area contributed by atoms with Crippen molar-refractivity contribution in [1.82, 2.24) is 24.3 Å². The number of fused-ring (bicyclic) bond motifs is 1. The number of pyridine rings is 1. The molecular weight excluding hydrogens is 382 g/mol. The smallest absolute Gasteiger partial charge is 0.256 e. The number of piperidine rings is 1. The Labute approximate surface area is 177 Å². The van der Waals surface area contributed by atoms with Crippen LogP contribution in [0.3, 0.4) is 0 Å². The minimum Gasteiger partial charge on any atom is -0.383 e. The fourth-order valence-corrected chi connectivity index (χ4v) is 4.89. The molecule has 8 nitrogen and oxygen atoms in total. The van der Waals surface area contributed by atoms with Gasteiger partial charge in [0.1, 0.15) is 11.1 Å². The lowest BCUT2D eigenvalue weighted by atomic mass is 9.85. The van der Waals surface area contributed by atoms with Crippen molar-refractivity contribution < 1.29 is 14.3 Å². The topological polar surface area (TPSA) is 80.6 Å². The zero-order valence-electron chi connectivity index (χ0n) is 18.1. The first-order valence-electron chi connectivity index (χ1n) is 10.9. The predicted molar refractivity (Wildman–Crippen MR) is 113 cm³/mol. The molecule has 4 rings (SSSR count). The first-order valence-corrected chi connectivity index (χ1v) is 10.9. The summed E-state index contributed by atoms with van der Waals surface area (Å²) in [5.41, 5.74) is 1.28. The van der Waals surface area contributed by atoms with E-state index in [1.807, 2.05) is 15.5 Å². The van der Waals surface area contributed by atoms with E-state index in [1.54, 1.807) is 24.5 Å². The summed E-state index contributed by atoms with van der Waals surface area (Å²) in [5.74, 6) is 0.419. The zero-order chi connectivity index (χ0) is 21.3. The number of imidazole rings is 1. The first kappa shape index (κ1) is 20.8. The molecule has 8 heteroatoms. The molecular formula is C22H31N5O3. The molecule has 1 unspecified atom stereocenters. The summed E-state index contributed by atoms with van der Waals surface area (Å²) in [4.78, 5) is 39.5. The van der Waals surface area contributed by atoms with Gasteiger partial charge in [0.2, 0.25) is 5.91 Å². The van der Waals surface area contributed by atoms with E-state index < -0.39 is 5.54 Å². The van der Waals surface area contributed by atoms with Crippen LogP contribution >= 0.6 is 0 Å². The van der Waals surface area contributed by atoms with Gasteiger partial charge in [0.05, 0.1) is 18.5 Å². The number of carbonyl (C=O) groups is 2. The van der Waals surface area contributed by atoms with E-state index in [2.05, 4.69) is 23.8 Å². The van der Waals surface area contributed by atoms with Crippen LogP contribution in [0.4, 0.5) is 0 Å². The Morgan fingerprint density at radius 2 is 2.00 bits per heavy atom. The maximum Gasteiger partial charge on any atom is 0.256 e. The number of likely N-dealkylation sites (tertiary alicyclic amines) is 2. The lowest BCUT2D eigenvalue weighted by Gasteiger charge is -2.44. The summed E-state index contributed by atoms with van der Waals surface area (Å²) in [6.07, 6.45) is 6.59. The van der Waals surface area contributed by atoms with Crippen LogP contribution < -0.4 is 0 Å². The predicted octanol–water partition coefficient (Wildman–Crippen LogP) is 2.33. The molecule has 1 atom stereocenters. The molecule has 2 aromatic heterocycles. The first-order chi connectivity index (χ1) is 14.5. The van der Waals surface area contributed by atoms with Crippen LogP contribution in [0, 0.1) is 5.92 Å². The van der Waals surface area contributed by atoms with Crippen molar-refractivity contribution >= 4 is 23.0 Å². The van der Waals surface area contributed by atoms with E-state index in [9.17, 15) is 9.59 Å². The standard InChI is InChI=1S/C22H31N5O3/c1-16(2)14-26-15-24-18-12-17(13-23-19(18)26)20(28)27-9-5-7-22(27)6-4-8-25(21(22)29)10-11-30-3/h12-13,15-16H,4-11,14H2,1-3H3. The molecule has 2 aliphatic rings. The summed E-state index contributed by atoms with van der Waals surface area (Å²) in [7, 11) is 1.64. The number of hydrogen-bond acceptors (Lipinski definition) is 5. The molecule has 30 heavy (non-hydrogen) atoms. The van der Waals surface area contributed by atoms with Gasteiger partial charge in [0.25, 0.3) is 5.91 Å². The van der Waals surface area contributed by atoms with Crippen molar-refractivity contribution in [3.05, 3.63) is 24.2 Å². The minimum atomic E-state index is -0.727. The van der Waals surface area contributed by atoms with Gasteiger partial charge in [0.15, 0.2) is 5.65 Å². The maximum absolute atomic E-state index is 13.5. The Morgan fingerprint density at radius 3 is 2.73 bits per heavy atom. The second-order valence-corrected chi connectivity index (χ2v) is 8.84. The van der Waals surface area contributed by atoms with E-state index >= 15 is 0 Å². The molecule has 0 radical (unpaired) electrons. The van der Waals surface area contributed by atoms with Gasteiger partial charge in [-0.2, -0.15) is 0 Å². The van der Waals surface area contributed by atoms with Crippen LogP contribution in [0.1, 0.15) is 49.9 Å². The van der Waals surface area contributed by atoms with Gasteiger partial charge in [-0.1, -0.05) is 13.8 Å². The van der Waals surface area contributed by atoms with Crippen LogP contribution in [0.5, 0.6) is 0 Å². The number of rotatable bonds is 6. The third-order valence-corrected chi connectivity index (χ3v) is 6.27. The summed E-state index contributed by atoms with van der Waals surface area (Å²) in [6.45, 7) is 7.53. The van der Waals surface area contributed by atoms with E-state index in [0.29, 0.717) is 36.7 Å². The van der Waals surface area contributed by atoms with Crippen molar-refractivity contribution in [2.75, 3.05) is 33.4 Å². The Balaban J connectivity index is 1.60. The average molecular weight is 414 g/mol. The normalized spacial score (nSPS) is 22.1. The highest BCUT2D eigenvalue weighted by atomic mass is 16.5. The zero-order valence-corrected chi connectivity index (χ0v) is 18.1. The molecule has 0 aromatic carbocycles. The van der Waals surface area contributed by atoms with Gasteiger partial charge in [-0.3, -0.25) is 9.59 Å². The third kappa shape index (κ3) is 3.57. The molecule has 2 amide bonds. The van der Waals surface area contributed by atoms with Crippen LogP contribution in [0.25, 0.3) is 11.2 Å². The molecule has 0 bridgehead atoms. The number of carbonyl (C=O) groups excluding carboxylic acids is 2. The highest BCUT2D eigenvalue weighted by Crippen LogP contribution is 2.39. The monoisotopic (exact) mass is 413 g/mol. The molecule has 0 N–H and O–H groups in total. The maximum atomic E-state index is 13.5. The van der Waals surface area contributed by atoms with Gasteiger partial charge >= 0.3 is 0 Å². The SMILES string of the molecule is COCCN1CCCC2(CCCN2C(=O)c2cnc3c(c2)ncn3CC(C)C)C1=O. The van der Waals surface area contributed by atoms with Crippen LogP contribution in [0.2, 0.25) is 0 Å². The summed E-state index contributed by atoms with van der Waals surface area (Å²) in [5, 5.41) is 0. The molecule has 2 fully saturated rings. The van der Waals surface area contributed by atoms with Crippen molar-refractivity contribution in [2.45, 2.75) is 51.6 Å². The van der Waals surface area contributed by atoms with Crippen molar-refractivity contribution in [3.8, 4) is 0 Å². The van der Waals surface area contributed by atoms with E-state index in [0.717, 1.165) is 44.4 Å². The molecule has 2 saturated heterocycles. The summed E-state index contributed by atoms with van der Waals surface area (Å²) in [6, 6.07) is 1.81. The van der Waals surface area contributed by atoms with Crippen LogP contribution in [-0.4, -0.2) is 75.0 Å². The molecule has 1 spiro atoms. The summed E-state index contributed by atoms with van der Waals surface area (Å²) < 4.78 is 7.18. The molecule has 2 aromatic rings. The largest absolute Gasteiger partial charge is 0.383 e. The number of methoxy groups -OCH3 is 1. The van der Waals surface area contributed by atoms with E-state index in [4.69, 9.17) is 4.74 Å². The Hall–Kier alpha value is -2.48. The van der Waals surface area contributed by atoms with Gasteiger partial charge in [-0.15, -0.1) is 0 Å². The summed E-state index contributed by atoms with van der Waals surface area (Å²) >= 11 is 0. The van der Waals surface area contributed by atoms with Crippen molar-refractivity contribution in [2.24, 2.45) is 5.92 Å². The number of nitrogens with zero attached hydrogens (tertiary/aromatic N) is 5. The third-order valence-electron chi connectivity index (χ3n) is 6.27. The quantitative estimate of drug-likeness (QED) is 0.726. The minimum absolute atomic E-state index is 0.0619. The molecule has 162 valence electrons. The van der Waals surface area contributed by atoms with Gasteiger partial charge in [0, 0.05) is 39.5 Å². The number of amides is 2. The lowest BCUT2D eigenvalue weighted by molar-refractivity contribution is -0.146. The lowest BCUT2D eigenvalue weighted by Crippen LogP contribution is -2.61. The second kappa shape index (κ2) is 8.34. The number of ether oxygens (including phenoxy) is 1. The Kier molecular flexibility index (Phi) is 5.77. The fourth-order valence-electron chi connectivity index (χ4n) is 4.89. The van der Waals surface area contributed by atoms with E-state index in [-0.39, 0.29) is 11.8 Å². The molecule has 4 heterocycles. The van der Waals surface area contributed by atoms with Crippen molar-refractivity contribution in [1.29, 1.82) is 0 Å². The number of hydrogen-bond donors (Lipinski definition) is 0. The van der Waals surface area contributed by atoms with Gasteiger partial charge < -0.3 is 19.1 Å². The molecule has 0 saturated carbocycles. The number of aromatic nitrogens is 3. The van der Waals surface area contributed by atoms with Crippen molar-refractivity contribution in [3.63, 3.8) is 0 Å².